The van der Waals surface area contributed by atoms with Crippen molar-refractivity contribution >= 4 is 11.9 Å². The van der Waals surface area contributed by atoms with Crippen LogP contribution in [-0.2, 0) is 4.79 Å². The molecule has 0 atom stereocenters. The topological polar surface area (TPSA) is 37.3 Å². The molecule has 0 amide bonds. The van der Waals surface area contributed by atoms with Gasteiger partial charge in [-0.25, -0.2) is 0 Å². The number of phenols is 1. The Kier molecular flexibility index (Phi) is 2.35. The quantitative estimate of drug-likeness (QED) is 0.739. The van der Waals surface area contributed by atoms with Crippen LogP contribution < -0.4 is 0 Å². The van der Waals surface area contributed by atoms with Crippen molar-refractivity contribution < 1.29 is 9.90 Å². The van der Waals surface area contributed by atoms with Gasteiger partial charge in [-0.1, -0.05) is 18.2 Å². The Morgan fingerprint density at radius 3 is 2.50 bits per heavy atom. The number of allylic oxidation sites excluding steroid dienone is 1. The highest BCUT2D eigenvalue weighted by atomic mass is 16.3. The first kappa shape index (κ1) is 9.00. The molecule has 1 aromatic carbocycles. The van der Waals surface area contributed by atoms with Gasteiger partial charge >= 0.3 is 0 Å². The van der Waals surface area contributed by atoms with Crippen molar-refractivity contribution in [1.82, 2.24) is 0 Å². The molecule has 0 saturated heterocycles. The predicted molar refractivity (Wildman–Crippen MR) is 54.9 cm³/mol. The SMILES string of the molecule is O=C(/C=C/c1ccc(O)cc1)C1CC1. The maximum absolute atomic E-state index is 11.3. The second-order valence-corrected chi connectivity index (χ2v) is 3.60. The van der Waals surface area contributed by atoms with Gasteiger partial charge in [0.05, 0.1) is 0 Å². The first-order chi connectivity index (χ1) is 6.75. The van der Waals surface area contributed by atoms with E-state index in [0.717, 1.165) is 18.4 Å². The van der Waals surface area contributed by atoms with Gasteiger partial charge in [0, 0.05) is 5.92 Å². The predicted octanol–water partition coefficient (Wildman–Crippen LogP) is 2.38. The fourth-order valence-electron chi connectivity index (χ4n) is 1.27. The molecule has 1 aromatic rings. The lowest BCUT2D eigenvalue weighted by molar-refractivity contribution is -0.115. The Bertz CT molecular complexity index is 358. The minimum absolute atomic E-state index is 0.220. The molecule has 1 saturated carbocycles. The molecule has 14 heavy (non-hydrogen) atoms. The minimum Gasteiger partial charge on any atom is -0.508 e. The molecule has 2 rings (SSSR count). The van der Waals surface area contributed by atoms with Gasteiger partial charge in [-0.15, -0.1) is 0 Å². The van der Waals surface area contributed by atoms with Crippen LogP contribution in [0.3, 0.4) is 0 Å². The fraction of sp³-hybridized carbons (Fsp3) is 0.250. The van der Waals surface area contributed by atoms with Gasteiger partial charge in [0.25, 0.3) is 0 Å². The van der Waals surface area contributed by atoms with E-state index in [1.165, 1.54) is 0 Å². The summed E-state index contributed by atoms with van der Waals surface area (Å²) in [4.78, 5) is 11.3. The Hall–Kier alpha value is -1.57. The number of carbonyl (C=O) groups is 1. The first-order valence-corrected chi connectivity index (χ1v) is 4.76. The zero-order chi connectivity index (χ0) is 9.97. The van der Waals surface area contributed by atoms with E-state index in [-0.39, 0.29) is 17.5 Å². The molecular weight excluding hydrogens is 176 g/mol. The highest BCUT2D eigenvalue weighted by Gasteiger charge is 2.27. The number of ketones is 1. The second kappa shape index (κ2) is 3.66. The van der Waals surface area contributed by atoms with E-state index in [9.17, 15) is 4.79 Å². The normalized spacial score (nSPS) is 16.0. The smallest absolute Gasteiger partial charge is 0.158 e. The molecule has 1 fully saturated rings. The molecule has 0 bridgehead atoms. The van der Waals surface area contributed by atoms with Gasteiger partial charge in [-0.2, -0.15) is 0 Å². The third-order valence-corrected chi connectivity index (χ3v) is 2.31. The van der Waals surface area contributed by atoms with Crippen LogP contribution in [0.4, 0.5) is 0 Å². The molecule has 0 unspecified atom stereocenters. The van der Waals surface area contributed by atoms with Crippen molar-refractivity contribution in [3.05, 3.63) is 35.9 Å². The van der Waals surface area contributed by atoms with Gasteiger partial charge in [-0.05, 0) is 36.6 Å². The maximum Gasteiger partial charge on any atom is 0.158 e. The number of hydrogen-bond donors (Lipinski definition) is 1. The van der Waals surface area contributed by atoms with Gasteiger partial charge in [0.2, 0.25) is 0 Å². The molecule has 2 heteroatoms. The Balaban J connectivity index is 2.02. The summed E-state index contributed by atoms with van der Waals surface area (Å²) in [6, 6.07) is 6.79. The third-order valence-electron chi connectivity index (χ3n) is 2.31. The second-order valence-electron chi connectivity index (χ2n) is 3.60. The molecule has 0 spiro atoms. The molecule has 1 aliphatic carbocycles. The summed E-state index contributed by atoms with van der Waals surface area (Å²) in [7, 11) is 0. The van der Waals surface area contributed by atoms with Crippen LogP contribution in [-0.4, -0.2) is 10.9 Å². The first-order valence-electron chi connectivity index (χ1n) is 4.76. The molecule has 0 radical (unpaired) electrons. The maximum atomic E-state index is 11.3. The highest BCUT2D eigenvalue weighted by Crippen LogP contribution is 2.30. The molecule has 0 aliphatic heterocycles. The fourth-order valence-corrected chi connectivity index (χ4v) is 1.27. The summed E-state index contributed by atoms with van der Waals surface area (Å²) < 4.78 is 0. The van der Waals surface area contributed by atoms with Crippen LogP contribution in [0.1, 0.15) is 18.4 Å². The van der Waals surface area contributed by atoms with Gasteiger partial charge < -0.3 is 5.11 Å². The van der Waals surface area contributed by atoms with Crippen molar-refractivity contribution in [2.45, 2.75) is 12.8 Å². The van der Waals surface area contributed by atoms with Crippen LogP contribution in [0, 0.1) is 5.92 Å². The van der Waals surface area contributed by atoms with Crippen LogP contribution >= 0.6 is 0 Å². The molecule has 2 nitrogen and oxygen atoms in total. The molecule has 0 heterocycles. The van der Waals surface area contributed by atoms with E-state index < -0.39 is 0 Å². The van der Waals surface area contributed by atoms with Crippen molar-refractivity contribution in [1.29, 1.82) is 0 Å². The van der Waals surface area contributed by atoms with Gasteiger partial charge in [0.1, 0.15) is 5.75 Å². The Morgan fingerprint density at radius 2 is 1.93 bits per heavy atom. The van der Waals surface area contributed by atoms with E-state index in [2.05, 4.69) is 0 Å². The molecular formula is C12H12O2. The number of aromatic hydroxyl groups is 1. The Labute approximate surface area is 82.9 Å². The zero-order valence-electron chi connectivity index (χ0n) is 7.81. The lowest BCUT2D eigenvalue weighted by Gasteiger charge is -1.93. The molecule has 0 aromatic heterocycles. The van der Waals surface area contributed by atoms with Gasteiger partial charge in [0.15, 0.2) is 5.78 Å². The standard InChI is InChI=1S/C12H12O2/c13-11-6-1-9(2-7-11)3-8-12(14)10-4-5-10/h1-3,6-8,10,13H,4-5H2/b8-3+. The summed E-state index contributed by atoms with van der Waals surface area (Å²) in [6.07, 6.45) is 5.50. The number of hydrogen-bond acceptors (Lipinski definition) is 2. The van der Waals surface area contributed by atoms with E-state index in [1.54, 1.807) is 36.4 Å². The lowest BCUT2D eigenvalue weighted by Crippen LogP contribution is -1.93. The number of phenolic OH excluding ortho intramolecular Hbond substituents is 1. The summed E-state index contributed by atoms with van der Waals surface area (Å²) in [5, 5.41) is 9.04. The van der Waals surface area contributed by atoms with E-state index in [0.29, 0.717) is 0 Å². The van der Waals surface area contributed by atoms with E-state index >= 15 is 0 Å². The van der Waals surface area contributed by atoms with Crippen LogP contribution in [0.2, 0.25) is 0 Å². The summed E-state index contributed by atoms with van der Waals surface area (Å²) in [5.74, 6) is 0.747. The summed E-state index contributed by atoms with van der Waals surface area (Å²) in [5.41, 5.74) is 0.941. The van der Waals surface area contributed by atoms with Crippen molar-refractivity contribution in [2.24, 2.45) is 5.92 Å². The molecule has 1 N–H and O–H groups in total. The summed E-state index contributed by atoms with van der Waals surface area (Å²) >= 11 is 0. The van der Waals surface area contributed by atoms with Crippen LogP contribution in [0.25, 0.3) is 6.08 Å². The van der Waals surface area contributed by atoms with E-state index in [4.69, 9.17) is 5.11 Å². The van der Waals surface area contributed by atoms with E-state index in [1.807, 2.05) is 0 Å². The zero-order valence-corrected chi connectivity index (χ0v) is 7.81. The monoisotopic (exact) mass is 188 g/mol. The van der Waals surface area contributed by atoms with Crippen LogP contribution in [0.5, 0.6) is 5.75 Å². The Morgan fingerprint density at radius 1 is 1.29 bits per heavy atom. The average Bonchev–Trinajstić information content (AvgIpc) is 3.00. The average molecular weight is 188 g/mol. The van der Waals surface area contributed by atoms with Crippen molar-refractivity contribution in [3.8, 4) is 5.75 Å². The summed E-state index contributed by atoms with van der Waals surface area (Å²) in [6.45, 7) is 0. The number of rotatable bonds is 3. The third kappa shape index (κ3) is 2.22. The minimum atomic E-state index is 0.220. The van der Waals surface area contributed by atoms with Crippen molar-refractivity contribution in [3.63, 3.8) is 0 Å². The highest BCUT2D eigenvalue weighted by molar-refractivity contribution is 5.96. The number of carbonyl (C=O) groups excluding carboxylic acids is 1. The van der Waals surface area contributed by atoms with Crippen LogP contribution in [0.15, 0.2) is 30.3 Å². The van der Waals surface area contributed by atoms with Gasteiger partial charge in [-0.3, -0.25) is 4.79 Å². The van der Waals surface area contributed by atoms with Crippen molar-refractivity contribution in [2.75, 3.05) is 0 Å². The molecule has 1 aliphatic rings. The lowest BCUT2D eigenvalue weighted by atomic mass is 10.1. The molecule has 72 valence electrons. The largest absolute Gasteiger partial charge is 0.508 e. The number of benzene rings is 1.